The van der Waals surface area contributed by atoms with Gasteiger partial charge in [-0.2, -0.15) is 0 Å². The Morgan fingerprint density at radius 2 is 1.86 bits per heavy atom. The Labute approximate surface area is 127 Å². The Morgan fingerprint density at radius 3 is 2.38 bits per heavy atom. The van der Waals surface area contributed by atoms with Crippen molar-refractivity contribution in [1.29, 1.82) is 0 Å². The summed E-state index contributed by atoms with van der Waals surface area (Å²) in [5.74, 6) is 6.17. The Bertz CT molecular complexity index is 424. The summed E-state index contributed by atoms with van der Waals surface area (Å²) in [5.41, 5.74) is 6.30. The predicted octanol–water partition coefficient (Wildman–Crippen LogP) is 2.47. The van der Waals surface area contributed by atoms with Gasteiger partial charge < -0.3 is 10.1 Å². The number of anilines is 1. The lowest BCUT2D eigenvalue weighted by Gasteiger charge is -2.16. The minimum Gasteiger partial charge on any atom is -0.382 e. The van der Waals surface area contributed by atoms with Gasteiger partial charge in [-0.3, -0.25) is 10.4 Å². The summed E-state index contributed by atoms with van der Waals surface area (Å²) in [6, 6.07) is 6.35. The van der Waals surface area contributed by atoms with E-state index in [1.807, 2.05) is 6.92 Å². The molecule has 0 aliphatic carbocycles. The molecule has 0 aromatic heterocycles. The van der Waals surface area contributed by atoms with Crippen LogP contribution >= 0.6 is 0 Å². The monoisotopic (exact) mass is 292 g/mol. The van der Waals surface area contributed by atoms with E-state index in [-0.39, 0.29) is 0 Å². The van der Waals surface area contributed by atoms with Gasteiger partial charge in [-0.1, -0.05) is 32.0 Å². The first kappa shape index (κ1) is 17.5. The minimum atomic E-state index is 0.599. The van der Waals surface area contributed by atoms with Gasteiger partial charge in [-0.25, -0.2) is 5.84 Å². The largest absolute Gasteiger partial charge is 0.382 e. The number of guanidine groups is 1. The third kappa shape index (κ3) is 5.73. The van der Waals surface area contributed by atoms with Crippen LogP contribution in [0.5, 0.6) is 0 Å². The fraction of sp³-hybridized carbons (Fsp3) is 0.562. The maximum atomic E-state index is 5.57. The van der Waals surface area contributed by atoms with Crippen LogP contribution in [-0.4, -0.2) is 25.7 Å². The molecule has 1 aromatic rings. The number of hydrazine groups is 1. The molecule has 0 amide bonds. The number of hydrogen-bond donors (Lipinski definition) is 3. The Hall–Kier alpha value is -1.59. The Morgan fingerprint density at radius 1 is 1.19 bits per heavy atom. The third-order valence-electron chi connectivity index (χ3n) is 3.30. The molecule has 1 rings (SSSR count). The molecule has 21 heavy (non-hydrogen) atoms. The molecule has 0 spiro atoms. The average Bonchev–Trinajstić information content (AvgIpc) is 2.53. The highest BCUT2D eigenvalue weighted by molar-refractivity contribution is 5.94. The van der Waals surface area contributed by atoms with Crippen LogP contribution in [0.1, 0.15) is 38.3 Å². The second-order valence-electron chi connectivity index (χ2n) is 4.71. The van der Waals surface area contributed by atoms with Crippen molar-refractivity contribution >= 4 is 11.6 Å². The summed E-state index contributed by atoms with van der Waals surface area (Å²) in [5, 5.41) is 3.33. The van der Waals surface area contributed by atoms with Crippen LogP contribution in [-0.2, 0) is 17.6 Å². The average molecular weight is 292 g/mol. The molecular weight excluding hydrogens is 264 g/mol. The Balaban J connectivity index is 2.74. The van der Waals surface area contributed by atoms with Gasteiger partial charge in [0.15, 0.2) is 0 Å². The van der Waals surface area contributed by atoms with E-state index in [2.05, 4.69) is 47.8 Å². The SMILES string of the molecule is CCOCCCN=C(NN)Nc1c(CC)cccc1CC. The molecule has 4 N–H and O–H groups in total. The van der Waals surface area contributed by atoms with E-state index < -0.39 is 0 Å². The topological polar surface area (TPSA) is 71.7 Å². The second-order valence-corrected chi connectivity index (χ2v) is 4.71. The number of aliphatic imine (C=N–C) groups is 1. The standard InChI is InChI=1S/C16H28N4O/c1-4-13-9-7-10-14(5-2)15(13)19-16(20-17)18-11-8-12-21-6-3/h7,9-10H,4-6,8,11-12,17H2,1-3H3,(H2,18,19,20). The first-order valence-corrected chi connectivity index (χ1v) is 7.73. The summed E-state index contributed by atoms with van der Waals surface area (Å²) < 4.78 is 5.30. The fourth-order valence-corrected chi connectivity index (χ4v) is 2.14. The number of nitrogens with zero attached hydrogens (tertiary/aromatic N) is 1. The predicted molar refractivity (Wildman–Crippen MR) is 89.6 cm³/mol. The molecule has 0 aliphatic rings. The van der Waals surface area contributed by atoms with Gasteiger partial charge in [0.25, 0.3) is 0 Å². The highest BCUT2D eigenvalue weighted by Gasteiger charge is 2.07. The molecule has 118 valence electrons. The molecule has 5 heteroatoms. The summed E-state index contributed by atoms with van der Waals surface area (Å²) in [6.45, 7) is 8.44. The van der Waals surface area contributed by atoms with E-state index in [0.717, 1.165) is 38.2 Å². The van der Waals surface area contributed by atoms with Crippen molar-refractivity contribution in [3.05, 3.63) is 29.3 Å². The number of rotatable bonds is 8. The van der Waals surface area contributed by atoms with Crippen LogP contribution in [0.25, 0.3) is 0 Å². The first-order valence-electron chi connectivity index (χ1n) is 7.73. The minimum absolute atomic E-state index is 0.599. The summed E-state index contributed by atoms with van der Waals surface area (Å²) in [6.07, 6.45) is 2.83. The van der Waals surface area contributed by atoms with E-state index in [1.165, 1.54) is 11.1 Å². The third-order valence-corrected chi connectivity index (χ3v) is 3.30. The molecule has 5 nitrogen and oxygen atoms in total. The first-order chi connectivity index (χ1) is 10.3. The highest BCUT2D eigenvalue weighted by Crippen LogP contribution is 2.22. The van der Waals surface area contributed by atoms with E-state index in [1.54, 1.807) is 0 Å². The summed E-state index contributed by atoms with van der Waals surface area (Å²) in [7, 11) is 0. The lowest BCUT2D eigenvalue weighted by atomic mass is 10.0. The normalized spacial score (nSPS) is 11.5. The number of nitrogens with two attached hydrogens (primary N) is 1. The zero-order chi connectivity index (χ0) is 15.5. The molecular formula is C16H28N4O. The van der Waals surface area contributed by atoms with Crippen molar-refractivity contribution < 1.29 is 4.74 Å². The molecule has 1 aromatic carbocycles. The van der Waals surface area contributed by atoms with Crippen molar-refractivity contribution in [3.63, 3.8) is 0 Å². The molecule has 0 bridgehead atoms. The highest BCUT2D eigenvalue weighted by atomic mass is 16.5. The maximum absolute atomic E-state index is 5.57. The molecule has 0 aliphatic heterocycles. The lowest BCUT2D eigenvalue weighted by molar-refractivity contribution is 0.146. The van der Waals surface area contributed by atoms with Crippen LogP contribution in [0.15, 0.2) is 23.2 Å². The van der Waals surface area contributed by atoms with Crippen LogP contribution in [0.3, 0.4) is 0 Å². The number of ether oxygens (including phenoxy) is 1. The van der Waals surface area contributed by atoms with Gasteiger partial charge in [0, 0.05) is 25.4 Å². The smallest absolute Gasteiger partial charge is 0.210 e. The number of para-hydroxylation sites is 1. The zero-order valence-corrected chi connectivity index (χ0v) is 13.4. The molecule has 0 atom stereocenters. The van der Waals surface area contributed by atoms with Gasteiger partial charge in [0.1, 0.15) is 0 Å². The van der Waals surface area contributed by atoms with Crippen molar-refractivity contribution in [2.45, 2.75) is 40.0 Å². The van der Waals surface area contributed by atoms with Crippen molar-refractivity contribution in [3.8, 4) is 0 Å². The van der Waals surface area contributed by atoms with Gasteiger partial charge in [-0.05, 0) is 37.3 Å². The lowest BCUT2D eigenvalue weighted by Crippen LogP contribution is -2.37. The molecule has 0 radical (unpaired) electrons. The summed E-state index contributed by atoms with van der Waals surface area (Å²) >= 11 is 0. The Kier molecular flexibility index (Phi) is 8.47. The molecule has 0 unspecified atom stereocenters. The fourth-order valence-electron chi connectivity index (χ4n) is 2.14. The van der Waals surface area contributed by atoms with Crippen molar-refractivity contribution in [2.75, 3.05) is 25.1 Å². The van der Waals surface area contributed by atoms with E-state index >= 15 is 0 Å². The van der Waals surface area contributed by atoms with E-state index in [4.69, 9.17) is 10.6 Å². The van der Waals surface area contributed by atoms with Crippen LogP contribution in [0.4, 0.5) is 5.69 Å². The molecule has 0 saturated heterocycles. The van der Waals surface area contributed by atoms with Gasteiger partial charge in [-0.15, -0.1) is 0 Å². The van der Waals surface area contributed by atoms with E-state index in [9.17, 15) is 0 Å². The quantitative estimate of drug-likeness (QED) is 0.226. The van der Waals surface area contributed by atoms with Gasteiger partial charge in [0.2, 0.25) is 5.96 Å². The maximum Gasteiger partial charge on any atom is 0.210 e. The number of benzene rings is 1. The molecule has 0 heterocycles. The van der Waals surface area contributed by atoms with Crippen LogP contribution in [0, 0.1) is 0 Å². The number of nitrogens with one attached hydrogen (secondary N) is 2. The van der Waals surface area contributed by atoms with Gasteiger partial charge >= 0.3 is 0 Å². The van der Waals surface area contributed by atoms with Crippen LogP contribution < -0.4 is 16.6 Å². The number of aryl methyl sites for hydroxylation is 2. The second kappa shape index (κ2) is 10.2. The summed E-state index contributed by atoms with van der Waals surface area (Å²) in [4.78, 5) is 4.45. The molecule has 0 saturated carbocycles. The number of hydrogen-bond acceptors (Lipinski definition) is 3. The van der Waals surface area contributed by atoms with E-state index in [0.29, 0.717) is 12.5 Å². The van der Waals surface area contributed by atoms with Crippen molar-refractivity contribution in [2.24, 2.45) is 10.8 Å². The molecule has 0 fully saturated rings. The van der Waals surface area contributed by atoms with Crippen LogP contribution in [0.2, 0.25) is 0 Å². The zero-order valence-electron chi connectivity index (χ0n) is 13.4. The van der Waals surface area contributed by atoms with Gasteiger partial charge in [0.05, 0.1) is 0 Å². The van der Waals surface area contributed by atoms with Crippen molar-refractivity contribution in [1.82, 2.24) is 5.43 Å².